The van der Waals surface area contributed by atoms with Crippen molar-refractivity contribution >= 4 is 17.8 Å². The van der Waals surface area contributed by atoms with Crippen LogP contribution in [0.5, 0.6) is 0 Å². The molecular formula is C19H27N5O3. The fourth-order valence-corrected chi connectivity index (χ4v) is 5.59. The minimum Gasteiger partial charge on any atom is -0.481 e. The second-order valence-electron chi connectivity index (χ2n) is 8.66. The molecule has 0 aromatic rings. The van der Waals surface area contributed by atoms with Gasteiger partial charge in [-0.05, 0) is 44.9 Å². The van der Waals surface area contributed by atoms with Crippen LogP contribution in [0, 0.1) is 10.8 Å². The molecular weight excluding hydrogens is 346 g/mol. The summed E-state index contributed by atoms with van der Waals surface area (Å²) < 4.78 is 0. The molecule has 6 rings (SSSR count). The lowest BCUT2D eigenvalue weighted by Crippen LogP contribution is -2.53. The normalized spacial score (nSPS) is 37.0. The zero-order valence-corrected chi connectivity index (χ0v) is 15.8. The molecule has 3 aliphatic heterocycles. The van der Waals surface area contributed by atoms with Crippen LogP contribution in [-0.4, -0.2) is 58.5 Å². The molecule has 1 saturated heterocycles. The van der Waals surface area contributed by atoms with Crippen LogP contribution in [0.4, 0.5) is 4.79 Å². The summed E-state index contributed by atoms with van der Waals surface area (Å²) in [6, 6.07) is 0.0343. The molecule has 3 aliphatic carbocycles. The van der Waals surface area contributed by atoms with E-state index < -0.39 is 11.4 Å². The largest absolute Gasteiger partial charge is 0.481 e. The number of carboxylic acid groups (broad SMARTS) is 1. The molecule has 2 bridgehead atoms. The van der Waals surface area contributed by atoms with Crippen LogP contribution in [-0.2, 0) is 4.79 Å². The molecule has 0 aromatic carbocycles. The summed E-state index contributed by atoms with van der Waals surface area (Å²) in [6.45, 7) is 4.21. The monoisotopic (exact) mass is 373 g/mol. The van der Waals surface area contributed by atoms with Crippen molar-refractivity contribution in [2.24, 2.45) is 15.8 Å². The standard InChI is InChI=1S/C19H27N5O3/c1-2-10-23-14-12(13-20-9-11-24(13)17(23)27)21-15(22-14)18-3-6-19(7-4-18,8-5-18)16(25)26/h14,20H,2-11H2,1H3,(H,21,22)(H,25,26). The molecule has 2 amide bonds. The van der Waals surface area contributed by atoms with E-state index >= 15 is 0 Å². The summed E-state index contributed by atoms with van der Waals surface area (Å²) in [5.74, 6) is 1.21. The van der Waals surface area contributed by atoms with Gasteiger partial charge in [0.25, 0.3) is 0 Å². The Morgan fingerprint density at radius 3 is 2.59 bits per heavy atom. The molecule has 3 N–H and O–H groups in total. The van der Waals surface area contributed by atoms with Gasteiger partial charge in [-0.25, -0.2) is 9.79 Å². The highest BCUT2D eigenvalue weighted by atomic mass is 16.4. The number of urea groups is 1. The maximum Gasteiger partial charge on any atom is 0.327 e. The zero-order valence-electron chi connectivity index (χ0n) is 15.8. The van der Waals surface area contributed by atoms with E-state index in [0.717, 1.165) is 68.8 Å². The van der Waals surface area contributed by atoms with Crippen LogP contribution < -0.4 is 10.6 Å². The van der Waals surface area contributed by atoms with Gasteiger partial charge in [0.1, 0.15) is 17.4 Å². The molecule has 8 nitrogen and oxygen atoms in total. The molecule has 0 spiro atoms. The average molecular weight is 373 g/mol. The number of amidine groups is 1. The lowest BCUT2D eigenvalue weighted by Gasteiger charge is -2.51. The summed E-state index contributed by atoms with van der Waals surface area (Å²) in [5.41, 5.74) is 0.404. The number of nitrogens with one attached hydrogen (secondary N) is 2. The lowest BCUT2D eigenvalue weighted by atomic mass is 9.53. The summed E-state index contributed by atoms with van der Waals surface area (Å²) in [5, 5.41) is 16.6. The minimum atomic E-state index is -0.638. The van der Waals surface area contributed by atoms with Gasteiger partial charge in [0.2, 0.25) is 0 Å². The van der Waals surface area contributed by atoms with Gasteiger partial charge in [0, 0.05) is 25.0 Å². The molecule has 4 fully saturated rings. The first kappa shape index (κ1) is 16.9. The van der Waals surface area contributed by atoms with Crippen LogP contribution in [0.15, 0.2) is 16.5 Å². The van der Waals surface area contributed by atoms with Crippen molar-refractivity contribution in [2.45, 2.75) is 58.0 Å². The second kappa shape index (κ2) is 5.62. The summed E-state index contributed by atoms with van der Waals surface area (Å²) in [4.78, 5) is 33.3. The van der Waals surface area contributed by atoms with Crippen molar-refractivity contribution in [2.75, 3.05) is 19.6 Å². The lowest BCUT2D eigenvalue weighted by molar-refractivity contribution is -0.156. The third-order valence-corrected chi connectivity index (χ3v) is 7.35. The van der Waals surface area contributed by atoms with E-state index in [0.29, 0.717) is 13.1 Å². The maximum atomic E-state index is 12.9. The fraction of sp³-hybridized carbons (Fsp3) is 0.737. The van der Waals surface area contributed by atoms with Gasteiger partial charge in [-0.2, -0.15) is 0 Å². The van der Waals surface area contributed by atoms with Gasteiger partial charge in [0.05, 0.1) is 5.41 Å². The van der Waals surface area contributed by atoms with Crippen molar-refractivity contribution in [1.29, 1.82) is 0 Å². The van der Waals surface area contributed by atoms with Gasteiger partial charge in [0.15, 0.2) is 6.17 Å². The third-order valence-electron chi connectivity index (χ3n) is 7.35. The van der Waals surface area contributed by atoms with Gasteiger partial charge >= 0.3 is 12.0 Å². The molecule has 3 saturated carbocycles. The van der Waals surface area contributed by atoms with Gasteiger partial charge in [-0.3, -0.25) is 14.6 Å². The Bertz CT molecular complexity index is 749. The van der Waals surface area contributed by atoms with E-state index in [4.69, 9.17) is 4.99 Å². The topological polar surface area (TPSA) is 97.3 Å². The van der Waals surface area contributed by atoms with Crippen molar-refractivity contribution in [1.82, 2.24) is 20.4 Å². The number of aliphatic carboxylic acids is 1. The number of carbonyl (C=O) groups excluding carboxylic acids is 1. The van der Waals surface area contributed by atoms with Crippen LogP contribution in [0.25, 0.3) is 0 Å². The summed E-state index contributed by atoms with van der Waals surface area (Å²) in [7, 11) is 0. The number of aliphatic imine (C=N–C) groups is 1. The first-order valence-electron chi connectivity index (χ1n) is 10.1. The van der Waals surface area contributed by atoms with E-state index in [1.807, 2.05) is 9.80 Å². The molecule has 0 aromatic heterocycles. The maximum absolute atomic E-state index is 12.9. The highest BCUT2D eigenvalue weighted by Gasteiger charge is 2.56. The molecule has 1 unspecified atom stereocenters. The molecule has 8 heteroatoms. The number of amides is 2. The van der Waals surface area contributed by atoms with E-state index in [1.165, 1.54) is 0 Å². The van der Waals surface area contributed by atoms with Crippen molar-refractivity contribution < 1.29 is 14.7 Å². The molecule has 27 heavy (non-hydrogen) atoms. The molecule has 146 valence electrons. The Balaban J connectivity index is 1.48. The van der Waals surface area contributed by atoms with Gasteiger partial charge in [-0.15, -0.1) is 0 Å². The van der Waals surface area contributed by atoms with Crippen LogP contribution >= 0.6 is 0 Å². The first-order chi connectivity index (χ1) is 13.0. The Labute approximate surface area is 158 Å². The van der Waals surface area contributed by atoms with E-state index in [-0.39, 0.29) is 17.6 Å². The Morgan fingerprint density at radius 1 is 1.26 bits per heavy atom. The number of rotatable bonds is 4. The molecule has 1 atom stereocenters. The van der Waals surface area contributed by atoms with Crippen molar-refractivity contribution in [3.63, 3.8) is 0 Å². The van der Waals surface area contributed by atoms with Gasteiger partial charge < -0.3 is 15.7 Å². The Hall–Kier alpha value is -2.25. The van der Waals surface area contributed by atoms with Crippen molar-refractivity contribution in [3.05, 3.63) is 11.5 Å². The second-order valence-corrected chi connectivity index (χ2v) is 8.66. The van der Waals surface area contributed by atoms with Crippen LogP contribution in [0.2, 0.25) is 0 Å². The summed E-state index contributed by atoms with van der Waals surface area (Å²) in [6.07, 6.45) is 5.37. The van der Waals surface area contributed by atoms with E-state index in [2.05, 4.69) is 17.6 Å². The number of carboxylic acids is 1. The highest BCUT2D eigenvalue weighted by Crippen LogP contribution is 2.58. The third kappa shape index (κ3) is 2.18. The van der Waals surface area contributed by atoms with Crippen LogP contribution in [0.1, 0.15) is 51.9 Å². The average Bonchev–Trinajstić information content (AvgIpc) is 3.34. The Morgan fingerprint density at radius 2 is 1.96 bits per heavy atom. The first-order valence-corrected chi connectivity index (χ1v) is 10.1. The smallest absolute Gasteiger partial charge is 0.327 e. The van der Waals surface area contributed by atoms with E-state index in [9.17, 15) is 14.7 Å². The quantitative estimate of drug-likeness (QED) is 0.696. The molecule has 3 heterocycles. The minimum absolute atomic E-state index is 0.0343. The molecule has 6 aliphatic rings. The SMILES string of the molecule is CCCN1C(=O)N2CCNC2=C2NC(C34CCC(C(=O)O)(CC3)CC4)=NC21. The fourth-order valence-electron chi connectivity index (χ4n) is 5.59. The molecule has 0 radical (unpaired) electrons. The Kier molecular flexibility index (Phi) is 3.52. The van der Waals surface area contributed by atoms with Crippen molar-refractivity contribution in [3.8, 4) is 0 Å². The number of hydrogen-bond acceptors (Lipinski definition) is 5. The predicted octanol–water partition coefficient (Wildman–Crippen LogP) is 1.66. The number of carbonyl (C=O) groups is 2. The predicted molar refractivity (Wildman–Crippen MR) is 98.7 cm³/mol. The van der Waals surface area contributed by atoms with E-state index in [1.54, 1.807) is 0 Å². The summed E-state index contributed by atoms with van der Waals surface area (Å²) >= 11 is 0. The van der Waals surface area contributed by atoms with Crippen LogP contribution in [0.3, 0.4) is 0 Å². The number of fused-ring (bicyclic) bond motifs is 5. The van der Waals surface area contributed by atoms with Gasteiger partial charge in [-0.1, -0.05) is 6.92 Å². The highest BCUT2D eigenvalue weighted by molar-refractivity contribution is 5.94. The number of nitrogens with zero attached hydrogens (tertiary/aromatic N) is 3. The number of hydrogen-bond donors (Lipinski definition) is 3. The zero-order chi connectivity index (χ0) is 18.8.